The van der Waals surface area contributed by atoms with Crippen LogP contribution in [-0.2, 0) is 4.79 Å². The summed E-state index contributed by atoms with van der Waals surface area (Å²) in [6.45, 7) is 4.22. The second-order valence-corrected chi connectivity index (χ2v) is 6.44. The Labute approximate surface area is 119 Å². The maximum Gasteiger partial charge on any atom is 0.238 e. The van der Waals surface area contributed by atoms with Gasteiger partial charge in [-0.1, -0.05) is 6.07 Å². The largest absolute Gasteiger partial charge is 0.368 e. The average Bonchev–Trinajstić information content (AvgIpc) is 3.19. The van der Waals surface area contributed by atoms with Crippen molar-refractivity contribution in [3.05, 3.63) is 29.3 Å². The second-order valence-electron chi connectivity index (χ2n) is 5.39. The Balaban J connectivity index is 2.10. The third kappa shape index (κ3) is 2.95. The zero-order valence-corrected chi connectivity index (χ0v) is 12.6. The Morgan fingerprint density at radius 1 is 1.42 bits per heavy atom. The van der Waals surface area contributed by atoms with Gasteiger partial charge in [0.25, 0.3) is 0 Å². The van der Waals surface area contributed by atoms with E-state index in [0.717, 1.165) is 12.8 Å². The van der Waals surface area contributed by atoms with Crippen LogP contribution in [0.4, 0.5) is 0 Å². The molecule has 0 saturated heterocycles. The van der Waals surface area contributed by atoms with Gasteiger partial charge in [0.1, 0.15) is 5.54 Å². The van der Waals surface area contributed by atoms with Crippen LogP contribution in [0.25, 0.3) is 0 Å². The summed E-state index contributed by atoms with van der Waals surface area (Å²) in [5.74, 6) is 0.870. The highest BCUT2D eigenvalue weighted by Gasteiger charge is 2.48. The van der Waals surface area contributed by atoms with Crippen molar-refractivity contribution in [1.29, 1.82) is 0 Å². The number of nitrogens with one attached hydrogen (secondary N) is 1. The first-order valence-electron chi connectivity index (χ1n) is 6.68. The minimum atomic E-state index is -0.552. The third-order valence-electron chi connectivity index (χ3n) is 4.10. The Morgan fingerprint density at radius 3 is 2.58 bits per heavy atom. The predicted octanol–water partition coefficient (Wildman–Crippen LogP) is 2.25. The first-order chi connectivity index (χ1) is 8.99. The van der Waals surface area contributed by atoms with Gasteiger partial charge in [-0.05, 0) is 62.9 Å². The summed E-state index contributed by atoms with van der Waals surface area (Å²) >= 11 is 1.71. The van der Waals surface area contributed by atoms with Crippen LogP contribution in [0.3, 0.4) is 0 Å². The van der Waals surface area contributed by atoms with E-state index in [9.17, 15) is 4.79 Å². The van der Waals surface area contributed by atoms with Gasteiger partial charge in [-0.3, -0.25) is 4.79 Å². The van der Waals surface area contributed by atoms with Gasteiger partial charge in [-0.25, -0.2) is 0 Å². The molecule has 0 aromatic heterocycles. The summed E-state index contributed by atoms with van der Waals surface area (Å²) in [5, 5.41) is 3.18. The van der Waals surface area contributed by atoms with Gasteiger partial charge in [0.2, 0.25) is 5.91 Å². The van der Waals surface area contributed by atoms with Crippen molar-refractivity contribution in [3.8, 4) is 0 Å². The Morgan fingerprint density at radius 2 is 2.11 bits per heavy atom. The molecule has 0 spiro atoms. The number of rotatable bonds is 6. The standard InChI is InChI=1S/C15H22N2OS/c1-10-4-7-13(8-11(10)2)19-9-15(17-3,14(16)18)12-5-6-12/h4,7-8,12,17H,5-6,9H2,1-3H3,(H2,16,18). The van der Waals surface area contributed by atoms with E-state index >= 15 is 0 Å². The summed E-state index contributed by atoms with van der Waals surface area (Å²) in [4.78, 5) is 13.0. The van der Waals surface area contributed by atoms with Crippen molar-refractivity contribution < 1.29 is 4.79 Å². The number of hydrogen-bond acceptors (Lipinski definition) is 3. The fourth-order valence-electron chi connectivity index (χ4n) is 2.37. The van der Waals surface area contributed by atoms with E-state index in [-0.39, 0.29) is 5.91 Å². The molecule has 19 heavy (non-hydrogen) atoms. The Hall–Kier alpha value is -1.00. The number of benzene rings is 1. The molecule has 1 aliphatic carbocycles. The lowest BCUT2D eigenvalue weighted by atomic mass is 9.95. The number of carbonyl (C=O) groups is 1. The number of nitrogens with two attached hydrogens (primary N) is 1. The molecule has 3 N–H and O–H groups in total. The van der Waals surface area contributed by atoms with Crippen molar-refractivity contribution in [3.63, 3.8) is 0 Å². The van der Waals surface area contributed by atoms with Crippen molar-refractivity contribution in [2.24, 2.45) is 11.7 Å². The first kappa shape index (κ1) is 14.4. The smallest absolute Gasteiger partial charge is 0.238 e. The average molecular weight is 278 g/mol. The number of carbonyl (C=O) groups excluding carboxylic acids is 1. The fourth-order valence-corrected chi connectivity index (χ4v) is 3.71. The van der Waals surface area contributed by atoms with Gasteiger partial charge >= 0.3 is 0 Å². The molecule has 1 amide bonds. The zero-order chi connectivity index (χ0) is 14.0. The van der Waals surface area contributed by atoms with Gasteiger partial charge in [-0.15, -0.1) is 11.8 Å². The summed E-state index contributed by atoms with van der Waals surface area (Å²) in [6.07, 6.45) is 2.19. The molecule has 1 aromatic rings. The molecule has 0 heterocycles. The normalized spacial score (nSPS) is 18.1. The minimum Gasteiger partial charge on any atom is -0.368 e. The predicted molar refractivity (Wildman–Crippen MR) is 80.3 cm³/mol. The fraction of sp³-hybridized carbons (Fsp3) is 0.533. The molecular weight excluding hydrogens is 256 g/mol. The lowest BCUT2D eigenvalue weighted by Gasteiger charge is -2.30. The van der Waals surface area contributed by atoms with Crippen LogP contribution in [-0.4, -0.2) is 24.2 Å². The topological polar surface area (TPSA) is 55.1 Å². The van der Waals surface area contributed by atoms with E-state index in [1.54, 1.807) is 11.8 Å². The monoisotopic (exact) mass is 278 g/mol. The van der Waals surface area contributed by atoms with E-state index in [2.05, 4.69) is 37.4 Å². The zero-order valence-electron chi connectivity index (χ0n) is 11.8. The van der Waals surface area contributed by atoms with Gasteiger partial charge in [0.15, 0.2) is 0 Å². The highest BCUT2D eigenvalue weighted by molar-refractivity contribution is 7.99. The number of amides is 1. The van der Waals surface area contributed by atoms with Gasteiger partial charge < -0.3 is 11.1 Å². The van der Waals surface area contributed by atoms with Crippen LogP contribution in [0.2, 0.25) is 0 Å². The number of primary amides is 1. The van der Waals surface area contributed by atoms with Gasteiger partial charge in [-0.2, -0.15) is 0 Å². The van der Waals surface area contributed by atoms with Crippen LogP contribution >= 0.6 is 11.8 Å². The van der Waals surface area contributed by atoms with Crippen molar-refractivity contribution in [2.45, 2.75) is 37.1 Å². The minimum absolute atomic E-state index is 0.228. The maximum absolute atomic E-state index is 11.8. The molecule has 0 radical (unpaired) electrons. The maximum atomic E-state index is 11.8. The van der Waals surface area contributed by atoms with Gasteiger partial charge in [0.05, 0.1) is 0 Å². The molecule has 1 fully saturated rings. The van der Waals surface area contributed by atoms with Crippen molar-refractivity contribution >= 4 is 17.7 Å². The van der Waals surface area contributed by atoms with Crippen LogP contribution in [0, 0.1) is 19.8 Å². The molecule has 3 nitrogen and oxygen atoms in total. The first-order valence-corrected chi connectivity index (χ1v) is 7.67. The molecule has 1 aromatic carbocycles. The van der Waals surface area contributed by atoms with E-state index < -0.39 is 5.54 Å². The van der Waals surface area contributed by atoms with E-state index in [1.165, 1.54) is 16.0 Å². The molecule has 1 unspecified atom stereocenters. The van der Waals surface area contributed by atoms with E-state index in [4.69, 9.17) is 5.73 Å². The van der Waals surface area contributed by atoms with E-state index in [0.29, 0.717) is 11.7 Å². The lowest BCUT2D eigenvalue weighted by Crippen LogP contribution is -2.57. The molecule has 0 bridgehead atoms. The number of likely N-dealkylation sites (N-methyl/N-ethyl adjacent to an activating group) is 1. The Kier molecular flexibility index (Phi) is 4.21. The molecule has 0 aliphatic heterocycles. The summed E-state index contributed by atoms with van der Waals surface area (Å²) < 4.78 is 0. The lowest BCUT2D eigenvalue weighted by molar-refractivity contribution is -0.124. The molecule has 1 saturated carbocycles. The number of thioether (sulfide) groups is 1. The van der Waals surface area contributed by atoms with Crippen LogP contribution in [0.15, 0.2) is 23.1 Å². The van der Waals surface area contributed by atoms with Crippen LogP contribution in [0.1, 0.15) is 24.0 Å². The second kappa shape index (κ2) is 5.55. The highest BCUT2D eigenvalue weighted by Crippen LogP contribution is 2.42. The Bertz CT molecular complexity index is 485. The number of hydrogen-bond donors (Lipinski definition) is 2. The summed E-state index contributed by atoms with van der Waals surface area (Å²) in [5.41, 5.74) is 7.65. The SMILES string of the molecule is CNC(CSc1ccc(C)c(C)c1)(C(N)=O)C1CC1. The van der Waals surface area contributed by atoms with Crippen LogP contribution in [0.5, 0.6) is 0 Å². The summed E-state index contributed by atoms with van der Waals surface area (Å²) in [7, 11) is 1.84. The molecular formula is C15H22N2OS. The number of aryl methyl sites for hydroxylation is 2. The molecule has 4 heteroatoms. The third-order valence-corrected chi connectivity index (χ3v) is 5.29. The van der Waals surface area contributed by atoms with Crippen LogP contribution < -0.4 is 11.1 Å². The summed E-state index contributed by atoms with van der Waals surface area (Å²) in [6, 6.07) is 6.41. The quantitative estimate of drug-likeness (QED) is 0.785. The molecule has 1 aliphatic rings. The van der Waals surface area contributed by atoms with E-state index in [1.807, 2.05) is 7.05 Å². The molecule has 2 rings (SSSR count). The molecule has 1 atom stereocenters. The van der Waals surface area contributed by atoms with Crippen molar-refractivity contribution in [1.82, 2.24) is 5.32 Å². The van der Waals surface area contributed by atoms with Gasteiger partial charge in [0, 0.05) is 10.6 Å². The highest BCUT2D eigenvalue weighted by atomic mass is 32.2. The van der Waals surface area contributed by atoms with Crippen molar-refractivity contribution in [2.75, 3.05) is 12.8 Å². The molecule has 104 valence electrons.